The van der Waals surface area contributed by atoms with E-state index in [1.807, 2.05) is 0 Å². The van der Waals surface area contributed by atoms with Gasteiger partial charge in [0.25, 0.3) is 0 Å². The quantitative estimate of drug-likeness (QED) is 0.642. The summed E-state index contributed by atoms with van der Waals surface area (Å²) < 4.78 is 29.3. The fourth-order valence-electron chi connectivity index (χ4n) is 2.24. The number of nitrogens with zero attached hydrogens (tertiary/aromatic N) is 2. The highest BCUT2D eigenvalue weighted by Gasteiger charge is 2.16. The number of aromatic nitrogens is 2. The minimum atomic E-state index is -0.375. The van der Waals surface area contributed by atoms with E-state index in [1.165, 1.54) is 12.1 Å². The molecular formula is C15H11ClF2N2. The van der Waals surface area contributed by atoms with E-state index in [0.717, 1.165) is 0 Å². The number of benzene rings is 2. The maximum Gasteiger partial charge on any atom is 0.147 e. The average Bonchev–Trinajstić information content (AvgIpc) is 2.77. The summed E-state index contributed by atoms with van der Waals surface area (Å²) in [4.78, 5) is 4.27. The first-order valence-electron chi connectivity index (χ1n) is 6.10. The van der Waals surface area contributed by atoms with Crippen LogP contribution in [0.15, 0.2) is 36.4 Å². The smallest absolute Gasteiger partial charge is 0.147 e. The van der Waals surface area contributed by atoms with Gasteiger partial charge in [-0.2, -0.15) is 0 Å². The first-order valence-corrected chi connectivity index (χ1v) is 6.63. The molecule has 0 bridgehead atoms. The monoisotopic (exact) mass is 292 g/mol. The van der Waals surface area contributed by atoms with E-state index in [-0.39, 0.29) is 17.5 Å². The Morgan fingerprint density at radius 1 is 1.15 bits per heavy atom. The van der Waals surface area contributed by atoms with Crippen molar-refractivity contribution >= 4 is 22.6 Å². The van der Waals surface area contributed by atoms with Crippen LogP contribution in [-0.4, -0.2) is 9.55 Å². The molecule has 0 amide bonds. The van der Waals surface area contributed by atoms with Gasteiger partial charge in [0.15, 0.2) is 0 Å². The SMILES string of the molecule is Cc1cc2c(cc1F)nc(CCl)n2-c1ccccc1F. The lowest BCUT2D eigenvalue weighted by Crippen LogP contribution is -2.02. The number of alkyl halides is 1. The van der Waals surface area contributed by atoms with Gasteiger partial charge >= 0.3 is 0 Å². The predicted octanol–water partition coefficient (Wildman–Crippen LogP) is 4.35. The summed E-state index contributed by atoms with van der Waals surface area (Å²) in [7, 11) is 0. The van der Waals surface area contributed by atoms with Crippen molar-refractivity contribution in [3.8, 4) is 5.69 Å². The Kier molecular flexibility index (Phi) is 3.18. The zero-order valence-electron chi connectivity index (χ0n) is 10.7. The number of halogens is 3. The van der Waals surface area contributed by atoms with Crippen LogP contribution < -0.4 is 0 Å². The van der Waals surface area contributed by atoms with Crippen molar-refractivity contribution in [3.05, 3.63) is 59.4 Å². The highest BCUT2D eigenvalue weighted by molar-refractivity contribution is 6.17. The van der Waals surface area contributed by atoms with E-state index >= 15 is 0 Å². The third-order valence-electron chi connectivity index (χ3n) is 3.22. The van der Waals surface area contributed by atoms with Crippen molar-refractivity contribution in [2.75, 3.05) is 0 Å². The summed E-state index contributed by atoms with van der Waals surface area (Å²) in [5, 5.41) is 0. The Bertz CT molecular complexity index is 796. The van der Waals surface area contributed by atoms with E-state index < -0.39 is 0 Å². The topological polar surface area (TPSA) is 17.8 Å². The second-order valence-electron chi connectivity index (χ2n) is 4.54. The Morgan fingerprint density at radius 2 is 1.90 bits per heavy atom. The molecule has 3 aromatic rings. The standard InChI is InChI=1S/C15H11ClF2N2/c1-9-6-14-12(7-11(9)18)19-15(8-16)20(14)13-5-3-2-4-10(13)17/h2-7H,8H2,1H3. The lowest BCUT2D eigenvalue weighted by Gasteiger charge is -2.09. The zero-order chi connectivity index (χ0) is 14.3. The highest BCUT2D eigenvalue weighted by atomic mass is 35.5. The normalized spacial score (nSPS) is 11.2. The van der Waals surface area contributed by atoms with Crippen LogP contribution in [0.1, 0.15) is 11.4 Å². The number of hydrogen-bond acceptors (Lipinski definition) is 1. The molecule has 2 nitrogen and oxygen atoms in total. The number of hydrogen-bond donors (Lipinski definition) is 0. The van der Waals surface area contributed by atoms with Gasteiger partial charge in [0.1, 0.15) is 17.5 Å². The first-order chi connectivity index (χ1) is 9.61. The number of rotatable bonds is 2. The Labute approximate surface area is 119 Å². The van der Waals surface area contributed by atoms with Crippen LogP contribution >= 0.6 is 11.6 Å². The van der Waals surface area contributed by atoms with Crippen molar-refractivity contribution in [2.24, 2.45) is 0 Å². The first kappa shape index (κ1) is 13.1. The number of para-hydroxylation sites is 1. The minimum Gasteiger partial charge on any atom is -0.292 e. The average molecular weight is 293 g/mol. The molecule has 0 atom stereocenters. The van der Waals surface area contributed by atoms with Gasteiger partial charge in [-0.25, -0.2) is 13.8 Å². The molecule has 3 rings (SSSR count). The third-order valence-corrected chi connectivity index (χ3v) is 3.46. The molecule has 0 aliphatic carbocycles. The van der Waals surface area contributed by atoms with Crippen LogP contribution in [0, 0.1) is 18.6 Å². The molecule has 20 heavy (non-hydrogen) atoms. The fraction of sp³-hybridized carbons (Fsp3) is 0.133. The molecule has 1 heterocycles. The number of imidazole rings is 1. The van der Waals surface area contributed by atoms with Crippen molar-refractivity contribution in [1.82, 2.24) is 9.55 Å². The lowest BCUT2D eigenvalue weighted by molar-refractivity contribution is 0.617. The van der Waals surface area contributed by atoms with E-state index in [2.05, 4.69) is 4.98 Å². The molecule has 0 N–H and O–H groups in total. The van der Waals surface area contributed by atoms with Crippen LogP contribution in [0.4, 0.5) is 8.78 Å². The summed E-state index contributed by atoms with van der Waals surface area (Å²) in [5.74, 6) is -0.113. The molecule has 0 radical (unpaired) electrons. The largest absolute Gasteiger partial charge is 0.292 e. The van der Waals surface area contributed by atoms with Crippen molar-refractivity contribution in [1.29, 1.82) is 0 Å². The number of aryl methyl sites for hydroxylation is 1. The van der Waals surface area contributed by atoms with Crippen molar-refractivity contribution < 1.29 is 8.78 Å². The molecular weight excluding hydrogens is 282 g/mol. The molecule has 0 aliphatic rings. The summed E-state index contributed by atoms with van der Waals surface area (Å²) >= 11 is 5.89. The highest BCUT2D eigenvalue weighted by Crippen LogP contribution is 2.26. The van der Waals surface area contributed by atoms with Gasteiger partial charge < -0.3 is 0 Å². The zero-order valence-corrected chi connectivity index (χ0v) is 11.5. The van der Waals surface area contributed by atoms with Crippen molar-refractivity contribution in [2.45, 2.75) is 12.8 Å². The second kappa shape index (κ2) is 4.87. The van der Waals surface area contributed by atoms with Crippen LogP contribution in [0.5, 0.6) is 0 Å². The summed E-state index contributed by atoms with van der Waals surface area (Å²) in [6.07, 6.45) is 0. The summed E-state index contributed by atoms with van der Waals surface area (Å²) in [6, 6.07) is 9.36. The van der Waals surface area contributed by atoms with Crippen LogP contribution in [0.3, 0.4) is 0 Å². The summed E-state index contributed by atoms with van der Waals surface area (Å²) in [6.45, 7) is 1.66. The van der Waals surface area contributed by atoms with Gasteiger partial charge in [-0.05, 0) is 30.7 Å². The Hall–Kier alpha value is -1.94. The van der Waals surface area contributed by atoms with Gasteiger partial charge in [-0.3, -0.25) is 4.57 Å². The second-order valence-corrected chi connectivity index (χ2v) is 4.81. The molecule has 102 valence electrons. The molecule has 0 saturated carbocycles. The predicted molar refractivity (Wildman–Crippen MR) is 75.3 cm³/mol. The minimum absolute atomic E-state index is 0.115. The van der Waals surface area contributed by atoms with Gasteiger partial charge in [-0.1, -0.05) is 12.1 Å². The number of fused-ring (bicyclic) bond motifs is 1. The Morgan fingerprint density at radius 3 is 2.60 bits per heavy atom. The van der Waals surface area contributed by atoms with E-state index in [4.69, 9.17) is 11.6 Å². The molecule has 0 unspecified atom stereocenters. The summed E-state index contributed by atoms with van der Waals surface area (Å²) in [5.41, 5.74) is 1.95. The maximum atomic E-state index is 14.0. The van der Waals surface area contributed by atoms with Gasteiger partial charge in [0.05, 0.1) is 22.6 Å². The molecule has 1 aromatic heterocycles. The molecule has 0 aliphatic heterocycles. The molecule has 0 saturated heterocycles. The fourth-order valence-corrected chi connectivity index (χ4v) is 2.42. The van der Waals surface area contributed by atoms with Gasteiger partial charge in [-0.15, -0.1) is 11.6 Å². The maximum absolute atomic E-state index is 14.0. The lowest BCUT2D eigenvalue weighted by atomic mass is 10.2. The third kappa shape index (κ3) is 1.96. The van der Waals surface area contributed by atoms with E-state index in [1.54, 1.807) is 35.8 Å². The molecule has 0 fully saturated rings. The Balaban J connectivity index is 2.39. The van der Waals surface area contributed by atoms with Crippen LogP contribution in [0.25, 0.3) is 16.7 Å². The molecule has 5 heteroatoms. The molecule has 2 aromatic carbocycles. The van der Waals surface area contributed by atoms with Gasteiger partial charge in [0, 0.05) is 6.07 Å². The van der Waals surface area contributed by atoms with E-state index in [0.29, 0.717) is 28.1 Å². The van der Waals surface area contributed by atoms with Gasteiger partial charge in [0.2, 0.25) is 0 Å². The van der Waals surface area contributed by atoms with Crippen LogP contribution in [-0.2, 0) is 5.88 Å². The van der Waals surface area contributed by atoms with Crippen molar-refractivity contribution in [3.63, 3.8) is 0 Å². The molecule has 0 spiro atoms. The van der Waals surface area contributed by atoms with Crippen LogP contribution in [0.2, 0.25) is 0 Å². The van der Waals surface area contributed by atoms with E-state index in [9.17, 15) is 8.78 Å².